The Kier molecular flexibility index (Phi) is 6.48. The summed E-state index contributed by atoms with van der Waals surface area (Å²) in [6.45, 7) is -0.434. The van der Waals surface area contributed by atoms with Gasteiger partial charge >= 0.3 is 163 Å². The molecule has 12 heteroatoms. The van der Waals surface area contributed by atoms with Crippen molar-refractivity contribution in [3.63, 3.8) is 0 Å². The average Bonchev–Trinajstić information content (AvgIpc) is 3.16. The number of rotatable bonds is 7. The summed E-state index contributed by atoms with van der Waals surface area (Å²) in [5.74, 6) is 0.185. The monoisotopic (exact) mass is 455 g/mol. The number of methoxy groups -OCH3 is 1. The molecule has 3 aromatic rings. The van der Waals surface area contributed by atoms with Crippen molar-refractivity contribution in [1.82, 2.24) is 25.0 Å². The molecule has 1 aromatic carbocycles. The second-order valence-corrected chi connectivity index (χ2v) is 6.39. The Balaban J connectivity index is 2.02. The zero-order chi connectivity index (χ0) is 20.1. The zero-order valence-corrected chi connectivity index (χ0v) is 18.4. The van der Waals surface area contributed by atoms with E-state index >= 15 is 0 Å². The van der Waals surface area contributed by atoms with Gasteiger partial charge in [-0.05, 0) is 0 Å². The summed E-state index contributed by atoms with van der Waals surface area (Å²) in [4.78, 5) is 16.2. The molecule has 0 atom stereocenters. The van der Waals surface area contributed by atoms with Gasteiger partial charge < -0.3 is 0 Å². The van der Waals surface area contributed by atoms with Crippen molar-refractivity contribution in [2.24, 2.45) is 0 Å². The van der Waals surface area contributed by atoms with Crippen LogP contribution in [0.5, 0.6) is 5.75 Å². The number of carbonyl (C=O) groups is 1. The first-order chi connectivity index (χ1) is 13.6. The van der Waals surface area contributed by atoms with Gasteiger partial charge in [0.25, 0.3) is 0 Å². The molecule has 0 fully saturated rings. The molecule has 0 saturated carbocycles. The van der Waals surface area contributed by atoms with E-state index in [1.165, 1.54) is 24.2 Å². The third kappa shape index (κ3) is 4.26. The van der Waals surface area contributed by atoms with Crippen LogP contribution in [0.25, 0.3) is 11.4 Å². The van der Waals surface area contributed by atoms with Crippen LogP contribution in [0.2, 0.25) is 5.15 Å². The van der Waals surface area contributed by atoms with Crippen molar-refractivity contribution >= 4 is 28.9 Å². The normalized spacial score (nSPS) is 10.6. The van der Waals surface area contributed by atoms with Gasteiger partial charge in [0.1, 0.15) is 6.67 Å². The van der Waals surface area contributed by atoms with Crippen LogP contribution >= 0.6 is 11.6 Å². The number of carbonyl (C=O) groups excluding carboxylic acids is 1. The summed E-state index contributed by atoms with van der Waals surface area (Å²) in [6, 6.07) is 6.73. The first-order valence-corrected chi connectivity index (χ1v) is 9.55. The molecular weight excluding hydrogens is 444 g/mol. The third-order valence-corrected chi connectivity index (χ3v) is 4.40. The van der Waals surface area contributed by atoms with Gasteiger partial charge in [-0.25, -0.2) is 4.39 Å². The number of anilines is 2. The molecular formula is C16H13ClFN6O3Zn. The Labute approximate surface area is 174 Å². The molecule has 2 heterocycles. The average molecular weight is 457 g/mol. The number of para-hydroxylation sites is 1. The van der Waals surface area contributed by atoms with Crippen molar-refractivity contribution in [2.45, 2.75) is 6.54 Å². The summed E-state index contributed by atoms with van der Waals surface area (Å²) >= 11 is 6.24. The van der Waals surface area contributed by atoms with E-state index in [0.29, 0.717) is 47.2 Å². The molecule has 0 aliphatic carbocycles. The second kappa shape index (κ2) is 9.03. The van der Waals surface area contributed by atoms with E-state index < -0.39 is 12.6 Å². The Morgan fingerprint density at radius 2 is 2.18 bits per heavy atom. The number of alkyl halides is 1. The van der Waals surface area contributed by atoms with Gasteiger partial charge in [-0.1, -0.05) is 0 Å². The molecule has 3 rings (SSSR count). The van der Waals surface area contributed by atoms with Gasteiger partial charge in [0.2, 0.25) is 0 Å². The van der Waals surface area contributed by atoms with Crippen molar-refractivity contribution in [3.8, 4) is 17.1 Å². The van der Waals surface area contributed by atoms with Crippen molar-refractivity contribution in [2.75, 3.05) is 19.1 Å². The predicted octanol–water partition coefficient (Wildman–Crippen LogP) is 2.73. The van der Waals surface area contributed by atoms with Gasteiger partial charge in [0, 0.05) is 0 Å². The topological polar surface area (TPSA) is 104 Å². The molecule has 9 nitrogen and oxygen atoms in total. The molecule has 0 aliphatic rings. The van der Waals surface area contributed by atoms with Crippen molar-refractivity contribution in [3.05, 3.63) is 41.4 Å². The Morgan fingerprint density at radius 1 is 1.36 bits per heavy atom. The third-order valence-electron chi connectivity index (χ3n) is 3.67. The van der Waals surface area contributed by atoms with Crippen LogP contribution in [0.3, 0.4) is 0 Å². The molecule has 0 amide bonds. The van der Waals surface area contributed by atoms with Gasteiger partial charge in [0.15, 0.2) is 0 Å². The first-order valence-electron chi connectivity index (χ1n) is 7.96. The Hall–Kier alpha value is -2.65. The van der Waals surface area contributed by atoms with Gasteiger partial charge in [-0.3, -0.25) is 0 Å². The maximum absolute atomic E-state index is 12.5. The van der Waals surface area contributed by atoms with Gasteiger partial charge in [0.05, 0.1) is 0 Å². The van der Waals surface area contributed by atoms with E-state index in [-0.39, 0.29) is 17.4 Å². The zero-order valence-electron chi connectivity index (χ0n) is 14.7. The number of nitrogens with one attached hydrogen (secondary N) is 1. The summed E-state index contributed by atoms with van der Waals surface area (Å²) in [5, 5.41) is 14.9. The fourth-order valence-electron chi connectivity index (χ4n) is 2.47. The number of nitrogens with zero attached hydrogens (tertiary/aromatic N) is 5. The number of hydrogen-bond donors (Lipinski definition) is 1. The summed E-state index contributed by atoms with van der Waals surface area (Å²) in [6.07, 6.45) is 1.44. The van der Waals surface area contributed by atoms with E-state index in [4.69, 9.17) is 19.9 Å². The Bertz CT molecular complexity index is 1000. The minimum absolute atomic E-state index is 0.00606. The van der Waals surface area contributed by atoms with Gasteiger partial charge in [-0.15, -0.1) is 0 Å². The van der Waals surface area contributed by atoms with Crippen LogP contribution in [0, 0.1) is 0 Å². The van der Waals surface area contributed by atoms with E-state index in [1.54, 1.807) is 18.2 Å². The number of ether oxygens (including phenoxy) is 1. The predicted molar refractivity (Wildman–Crippen MR) is 93.7 cm³/mol. The number of hydrogen-bond acceptors (Lipinski definition) is 8. The van der Waals surface area contributed by atoms with Crippen LogP contribution < -0.4 is 10.1 Å². The maximum atomic E-state index is 12.5. The van der Waals surface area contributed by atoms with Gasteiger partial charge in [-0.2, -0.15) is 0 Å². The number of halogens is 2. The first kappa shape index (κ1) is 20.1. The SMILES string of the molecule is COc1c(Nc2cc(Cl)nnc2C(=O)[O][Zn])cccc1-c1ncn(CCF)n1. The van der Waals surface area contributed by atoms with Crippen molar-refractivity contribution < 1.29 is 36.1 Å². The van der Waals surface area contributed by atoms with E-state index in [0.717, 1.165) is 0 Å². The molecule has 0 bridgehead atoms. The molecule has 2 aromatic heterocycles. The number of benzene rings is 1. The second-order valence-electron chi connectivity index (χ2n) is 5.39. The molecule has 1 N–H and O–H groups in total. The Morgan fingerprint density at radius 3 is 2.89 bits per heavy atom. The van der Waals surface area contributed by atoms with E-state index in [9.17, 15) is 9.18 Å². The standard InChI is InChI=1S/C16H14ClFN6O3.Zn/c1-27-14-9(15-19-8-24(23-15)6-5-18)3-2-4-10(14)20-11-7-12(17)21-22-13(11)16(25)26;/h2-4,7-8H,5-6H2,1H3,(H,20,21)(H,25,26);/q;+1/p-1. The number of aromatic nitrogens is 5. The van der Waals surface area contributed by atoms with E-state index in [2.05, 4.69) is 25.6 Å². The summed E-state index contributed by atoms with van der Waals surface area (Å²) < 4.78 is 24.3. The number of aryl methyl sites for hydroxylation is 1. The fraction of sp³-hybridized carbons (Fsp3) is 0.188. The molecule has 0 spiro atoms. The molecule has 0 saturated heterocycles. The summed E-state index contributed by atoms with van der Waals surface area (Å²) in [7, 11) is 1.49. The minimum atomic E-state index is -0.617. The quantitative estimate of drug-likeness (QED) is 0.541. The van der Waals surface area contributed by atoms with Crippen LogP contribution in [-0.2, 0) is 28.8 Å². The molecule has 28 heavy (non-hydrogen) atoms. The van der Waals surface area contributed by atoms with Crippen LogP contribution in [-0.4, -0.2) is 44.7 Å². The van der Waals surface area contributed by atoms with Crippen LogP contribution in [0.15, 0.2) is 30.6 Å². The molecule has 0 aliphatic heterocycles. The van der Waals surface area contributed by atoms with E-state index in [1.807, 2.05) is 0 Å². The molecule has 141 valence electrons. The molecule has 0 radical (unpaired) electrons. The van der Waals surface area contributed by atoms with Crippen molar-refractivity contribution in [1.29, 1.82) is 0 Å². The van der Waals surface area contributed by atoms with Crippen LogP contribution in [0.1, 0.15) is 10.5 Å². The van der Waals surface area contributed by atoms with Crippen LogP contribution in [0.4, 0.5) is 15.8 Å². The fourth-order valence-corrected chi connectivity index (χ4v) is 2.91. The molecule has 0 unspecified atom stereocenters. The summed E-state index contributed by atoms with van der Waals surface area (Å²) in [5.41, 5.74) is 1.41.